The van der Waals surface area contributed by atoms with Crippen LogP contribution in [0, 0.1) is 5.82 Å². The zero-order valence-corrected chi connectivity index (χ0v) is 14.3. The predicted octanol–water partition coefficient (Wildman–Crippen LogP) is 4.56. The first-order valence-corrected chi connectivity index (χ1v) is 8.26. The molecule has 0 aliphatic carbocycles. The van der Waals surface area contributed by atoms with Gasteiger partial charge in [0.25, 0.3) is 0 Å². The average Bonchev–Trinajstić information content (AvgIpc) is 3.10. The van der Waals surface area contributed by atoms with E-state index in [4.69, 9.17) is 0 Å². The summed E-state index contributed by atoms with van der Waals surface area (Å²) in [5.74, 6) is -0.497. The lowest BCUT2D eigenvalue weighted by Gasteiger charge is -2.10. The van der Waals surface area contributed by atoms with Crippen molar-refractivity contribution >= 4 is 11.5 Å². The number of imidazole rings is 1. The normalized spacial score (nSPS) is 11.7. The highest BCUT2D eigenvalue weighted by Gasteiger charge is 2.31. The van der Waals surface area contributed by atoms with E-state index in [0.29, 0.717) is 17.5 Å². The summed E-state index contributed by atoms with van der Waals surface area (Å²) in [5.41, 5.74) is 1.34. The van der Waals surface area contributed by atoms with Crippen molar-refractivity contribution in [3.63, 3.8) is 0 Å². The van der Waals surface area contributed by atoms with Crippen molar-refractivity contribution in [2.24, 2.45) is 0 Å². The lowest BCUT2D eigenvalue weighted by Crippen LogP contribution is -2.09. The van der Waals surface area contributed by atoms with Crippen molar-refractivity contribution in [3.8, 4) is 11.3 Å². The molecule has 0 fully saturated rings. The molecule has 142 valence electrons. The summed E-state index contributed by atoms with van der Waals surface area (Å²) >= 11 is 0. The largest absolute Gasteiger partial charge is 0.416 e. The minimum atomic E-state index is -4.58. The number of pyridine rings is 1. The number of nitrogens with zero attached hydrogens (tertiary/aromatic N) is 4. The molecule has 0 bridgehead atoms. The molecule has 0 aliphatic rings. The number of aromatic nitrogens is 4. The minimum absolute atomic E-state index is 0.0121. The summed E-state index contributed by atoms with van der Waals surface area (Å²) in [6.45, 7) is -0.0121. The second-order valence-electron chi connectivity index (χ2n) is 6.03. The van der Waals surface area contributed by atoms with Gasteiger partial charge in [0.15, 0.2) is 5.65 Å². The number of rotatable bonds is 4. The Hall–Kier alpha value is -3.49. The van der Waals surface area contributed by atoms with Crippen LogP contribution in [0.4, 0.5) is 23.4 Å². The molecule has 4 rings (SSSR count). The molecule has 0 atom stereocenters. The predicted molar refractivity (Wildman–Crippen MR) is 94.9 cm³/mol. The van der Waals surface area contributed by atoms with Gasteiger partial charge in [0.05, 0.1) is 17.5 Å². The maximum atomic E-state index is 14.0. The smallest absolute Gasteiger partial charge is 0.364 e. The summed E-state index contributed by atoms with van der Waals surface area (Å²) in [7, 11) is 0. The maximum Gasteiger partial charge on any atom is 0.416 e. The molecule has 3 heterocycles. The van der Waals surface area contributed by atoms with Crippen LogP contribution in [0.5, 0.6) is 0 Å². The van der Waals surface area contributed by atoms with Crippen LogP contribution in [0.2, 0.25) is 0 Å². The molecule has 1 aromatic carbocycles. The summed E-state index contributed by atoms with van der Waals surface area (Å²) in [5, 5.41) is 7.36. The fourth-order valence-corrected chi connectivity index (χ4v) is 2.74. The topological polar surface area (TPSA) is 55.1 Å². The number of benzene rings is 1. The third-order valence-electron chi connectivity index (χ3n) is 4.18. The van der Waals surface area contributed by atoms with E-state index in [-0.39, 0.29) is 12.1 Å². The molecule has 0 radical (unpaired) electrons. The van der Waals surface area contributed by atoms with Crippen molar-refractivity contribution < 1.29 is 17.6 Å². The summed E-state index contributed by atoms with van der Waals surface area (Å²) in [4.78, 5) is 8.26. The SMILES string of the molecule is Fc1cc(C(F)(F)F)ccc1CNc1ccc2ncc(-c3ccncc3)n2n1. The third kappa shape index (κ3) is 3.51. The first kappa shape index (κ1) is 17.9. The zero-order valence-electron chi connectivity index (χ0n) is 14.3. The van der Waals surface area contributed by atoms with Gasteiger partial charge >= 0.3 is 6.18 Å². The molecule has 5 nitrogen and oxygen atoms in total. The molecule has 28 heavy (non-hydrogen) atoms. The number of anilines is 1. The number of halogens is 4. The van der Waals surface area contributed by atoms with Crippen LogP contribution in [-0.4, -0.2) is 19.6 Å². The second-order valence-corrected chi connectivity index (χ2v) is 6.03. The summed E-state index contributed by atoms with van der Waals surface area (Å²) < 4.78 is 53.5. The molecule has 3 aromatic heterocycles. The Morgan fingerprint density at radius 1 is 1.00 bits per heavy atom. The van der Waals surface area contributed by atoms with E-state index in [1.807, 2.05) is 12.1 Å². The van der Waals surface area contributed by atoms with Gasteiger partial charge in [-0.05, 0) is 36.4 Å². The van der Waals surface area contributed by atoms with Gasteiger partial charge in [-0.3, -0.25) is 4.98 Å². The second kappa shape index (κ2) is 6.91. The van der Waals surface area contributed by atoms with E-state index in [1.54, 1.807) is 35.2 Å². The van der Waals surface area contributed by atoms with Crippen molar-refractivity contribution in [1.29, 1.82) is 0 Å². The van der Waals surface area contributed by atoms with Crippen LogP contribution < -0.4 is 5.32 Å². The van der Waals surface area contributed by atoms with Gasteiger partial charge in [-0.2, -0.15) is 13.2 Å². The van der Waals surface area contributed by atoms with E-state index in [9.17, 15) is 17.6 Å². The van der Waals surface area contributed by atoms with Crippen LogP contribution >= 0.6 is 0 Å². The van der Waals surface area contributed by atoms with Crippen LogP contribution in [0.1, 0.15) is 11.1 Å². The Morgan fingerprint density at radius 2 is 1.79 bits per heavy atom. The molecular weight excluding hydrogens is 374 g/mol. The maximum absolute atomic E-state index is 14.0. The highest BCUT2D eigenvalue weighted by atomic mass is 19.4. The number of fused-ring (bicyclic) bond motifs is 1. The number of nitrogens with one attached hydrogen (secondary N) is 1. The van der Waals surface area contributed by atoms with Gasteiger partial charge in [-0.25, -0.2) is 13.9 Å². The molecule has 4 aromatic rings. The molecule has 0 saturated heterocycles. The van der Waals surface area contributed by atoms with E-state index in [2.05, 4.69) is 20.4 Å². The number of alkyl halides is 3. The Labute approximate surface area is 156 Å². The van der Waals surface area contributed by atoms with Crippen molar-refractivity contribution in [3.05, 3.63) is 78.0 Å². The van der Waals surface area contributed by atoms with Crippen LogP contribution in [-0.2, 0) is 12.7 Å². The third-order valence-corrected chi connectivity index (χ3v) is 4.18. The minimum Gasteiger partial charge on any atom is -0.364 e. The molecule has 0 aliphatic heterocycles. The van der Waals surface area contributed by atoms with Crippen molar-refractivity contribution in [1.82, 2.24) is 19.6 Å². The Balaban J connectivity index is 1.57. The lowest BCUT2D eigenvalue weighted by atomic mass is 10.1. The van der Waals surface area contributed by atoms with E-state index >= 15 is 0 Å². The monoisotopic (exact) mass is 387 g/mol. The van der Waals surface area contributed by atoms with Gasteiger partial charge in [0, 0.05) is 30.1 Å². The molecular formula is C19H13F4N5. The highest BCUT2D eigenvalue weighted by molar-refractivity contribution is 5.63. The van der Waals surface area contributed by atoms with Crippen molar-refractivity contribution in [2.75, 3.05) is 5.32 Å². The van der Waals surface area contributed by atoms with Crippen LogP contribution in [0.25, 0.3) is 16.9 Å². The molecule has 0 saturated carbocycles. The molecule has 0 spiro atoms. The fourth-order valence-electron chi connectivity index (χ4n) is 2.74. The first-order valence-electron chi connectivity index (χ1n) is 8.26. The van der Waals surface area contributed by atoms with Gasteiger partial charge in [0.2, 0.25) is 0 Å². The summed E-state index contributed by atoms with van der Waals surface area (Å²) in [6.07, 6.45) is 0.412. The molecule has 1 N–H and O–H groups in total. The Morgan fingerprint density at radius 3 is 2.50 bits per heavy atom. The summed E-state index contributed by atoms with van der Waals surface area (Å²) in [6, 6.07) is 9.51. The van der Waals surface area contributed by atoms with E-state index in [0.717, 1.165) is 23.4 Å². The average molecular weight is 387 g/mol. The van der Waals surface area contributed by atoms with Gasteiger partial charge in [-0.1, -0.05) is 6.07 Å². The molecule has 0 amide bonds. The van der Waals surface area contributed by atoms with Crippen LogP contribution in [0.3, 0.4) is 0 Å². The Kier molecular flexibility index (Phi) is 4.42. The molecule has 9 heteroatoms. The number of hydrogen-bond donors (Lipinski definition) is 1. The quantitative estimate of drug-likeness (QED) is 0.522. The fraction of sp³-hybridized carbons (Fsp3) is 0.105. The zero-order chi connectivity index (χ0) is 19.7. The van der Waals surface area contributed by atoms with Gasteiger partial charge < -0.3 is 5.32 Å². The van der Waals surface area contributed by atoms with Crippen LogP contribution in [0.15, 0.2) is 61.1 Å². The van der Waals surface area contributed by atoms with Gasteiger partial charge in [-0.15, -0.1) is 5.10 Å². The molecule has 0 unspecified atom stereocenters. The van der Waals surface area contributed by atoms with Crippen molar-refractivity contribution in [2.45, 2.75) is 12.7 Å². The highest BCUT2D eigenvalue weighted by Crippen LogP contribution is 2.30. The standard InChI is InChI=1S/C19H13F4N5/c20-15-9-14(19(21,22)23)2-1-13(15)10-25-17-3-4-18-26-11-16(28(18)27-17)12-5-7-24-8-6-12/h1-9,11H,10H2,(H,25,27). The number of hydrogen-bond acceptors (Lipinski definition) is 4. The van der Waals surface area contributed by atoms with E-state index < -0.39 is 17.6 Å². The van der Waals surface area contributed by atoms with E-state index in [1.165, 1.54) is 0 Å². The lowest BCUT2D eigenvalue weighted by molar-refractivity contribution is -0.137. The first-order chi connectivity index (χ1) is 13.4. The van der Waals surface area contributed by atoms with Gasteiger partial charge in [0.1, 0.15) is 11.6 Å². The Bertz CT molecular complexity index is 1120.